The van der Waals surface area contributed by atoms with Crippen LogP contribution in [0.3, 0.4) is 0 Å². The lowest BCUT2D eigenvalue weighted by Crippen LogP contribution is -2.16. The average molecular weight is 241 g/mol. The van der Waals surface area contributed by atoms with Gasteiger partial charge in [-0.1, -0.05) is 4.49 Å². The topological polar surface area (TPSA) is 37.8 Å². The molecular weight excluding hydrogens is 232 g/mol. The predicted octanol–water partition coefficient (Wildman–Crippen LogP) is 2.13. The highest BCUT2D eigenvalue weighted by Gasteiger charge is 2.16. The first-order valence-corrected chi connectivity index (χ1v) is 5.38. The van der Waals surface area contributed by atoms with Gasteiger partial charge in [-0.3, -0.25) is 0 Å². The quantitative estimate of drug-likeness (QED) is 0.894. The number of hydrogen-bond acceptors (Lipinski definition) is 4. The maximum absolute atomic E-state index is 13.1. The van der Waals surface area contributed by atoms with Gasteiger partial charge < -0.3 is 5.32 Å². The van der Waals surface area contributed by atoms with Gasteiger partial charge in [-0.25, -0.2) is 8.78 Å². The van der Waals surface area contributed by atoms with Crippen LogP contribution in [-0.2, 0) is 0 Å². The smallest absolute Gasteiger partial charge is 0.126 e. The minimum Gasteiger partial charge on any atom is -0.309 e. The van der Waals surface area contributed by atoms with Crippen molar-refractivity contribution in [1.82, 2.24) is 14.9 Å². The van der Waals surface area contributed by atoms with E-state index in [4.69, 9.17) is 0 Å². The Morgan fingerprint density at radius 3 is 2.44 bits per heavy atom. The Labute approximate surface area is 95.3 Å². The van der Waals surface area contributed by atoms with E-state index in [1.54, 1.807) is 13.2 Å². The van der Waals surface area contributed by atoms with Crippen LogP contribution >= 0.6 is 11.5 Å². The fraction of sp³-hybridized carbons (Fsp3) is 0.200. The lowest BCUT2D eigenvalue weighted by Gasteiger charge is -2.13. The Balaban J connectivity index is 2.41. The zero-order chi connectivity index (χ0) is 11.5. The molecule has 0 spiro atoms. The number of halogens is 2. The van der Waals surface area contributed by atoms with Crippen LogP contribution in [0, 0.1) is 11.6 Å². The van der Waals surface area contributed by atoms with Gasteiger partial charge in [0.1, 0.15) is 11.6 Å². The van der Waals surface area contributed by atoms with Gasteiger partial charge in [0.25, 0.3) is 0 Å². The highest BCUT2D eigenvalue weighted by atomic mass is 32.1. The first-order valence-electron chi connectivity index (χ1n) is 4.61. The molecule has 0 amide bonds. The first-order chi connectivity index (χ1) is 7.70. The summed E-state index contributed by atoms with van der Waals surface area (Å²) in [6.07, 6.45) is 1.58. The molecule has 84 valence electrons. The average Bonchev–Trinajstić information content (AvgIpc) is 2.70. The van der Waals surface area contributed by atoms with E-state index in [2.05, 4.69) is 14.9 Å². The Morgan fingerprint density at radius 2 is 1.94 bits per heavy atom. The van der Waals surface area contributed by atoms with Crippen LogP contribution in [0.25, 0.3) is 0 Å². The molecule has 16 heavy (non-hydrogen) atoms. The number of aromatic nitrogens is 2. The van der Waals surface area contributed by atoms with Crippen molar-refractivity contribution in [2.75, 3.05) is 7.05 Å². The standard InChI is InChI=1S/C10H9F2N3S/c1-13-10(9-5-14-15-16-9)6-2-7(11)4-8(12)3-6/h2-5,10,13H,1H3. The molecule has 0 bridgehead atoms. The number of nitrogens with one attached hydrogen (secondary N) is 1. The number of rotatable bonds is 3. The van der Waals surface area contributed by atoms with E-state index in [1.807, 2.05) is 0 Å². The molecule has 1 heterocycles. The molecule has 0 radical (unpaired) electrons. The van der Waals surface area contributed by atoms with Crippen molar-refractivity contribution >= 4 is 11.5 Å². The molecule has 2 rings (SSSR count). The van der Waals surface area contributed by atoms with Gasteiger partial charge in [0.05, 0.1) is 17.1 Å². The SMILES string of the molecule is CNC(c1cc(F)cc(F)c1)c1cnns1. The minimum atomic E-state index is -0.590. The van der Waals surface area contributed by atoms with Crippen molar-refractivity contribution in [2.24, 2.45) is 0 Å². The molecule has 0 saturated heterocycles. The highest BCUT2D eigenvalue weighted by Crippen LogP contribution is 2.24. The second kappa shape index (κ2) is 4.63. The molecule has 3 nitrogen and oxygen atoms in total. The Morgan fingerprint density at radius 1 is 1.25 bits per heavy atom. The van der Waals surface area contributed by atoms with Gasteiger partial charge in [0.15, 0.2) is 0 Å². The van der Waals surface area contributed by atoms with E-state index in [9.17, 15) is 8.78 Å². The second-order valence-corrected chi connectivity index (χ2v) is 4.06. The molecule has 1 unspecified atom stereocenters. The molecule has 1 N–H and O–H groups in total. The first kappa shape index (κ1) is 11.1. The van der Waals surface area contributed by atoms with Gasteiger partial charge >= 0.3 is 0 Å². The molecule has 0 aliphatic carbocycles. The third-order valence-corrected chi connectivity index (χ3v) is 2.90. The zero-order valence-corrected chi connectivity index (χ0v) is 9.26. The van der Waals surface area contributed by atoms with Crippen LogP contribution in [0.1, 0.15) is 16.5 Å². The van der Waals surface area contributed by atoms with Gasteiger partial charge in [0, 0.05) is 6.07 Å². The zero-order valence-electron chi connectivity index (χ0n) is 8.45. The molecule has 0 saturated carbocycles. The fourth-order valence-corrected chi connectivity index (χ4v) is 2.16. The minimum absolute atomic E-state index is 0.287. The molecule has 1 atom stereocenters. The van der Waals surface area contributed by atoms with E-state index in [-0.39, 0.29) is 6.04 Å². The van der Waals surface area contributed by atoms with Crippen LogP contribution in [0.5, 0.6) is 0 Å². The van der Waals surface area contributed by atoms with Gasteiger partial charge in [-0.2, -0.15) is 0 Å². The summed E-state index contributed by atoms with van der Waals surface area (Å²) in [4.78, 5) is 0.813. The van der Waals surface area contributed by atoms with Crippen molar-refractivity contribution < 1.29 is 8.78 Å². The van der Waals surface area contributed by atoms with Crippen LogP contribution < -0.4 is 5.32 Å². The summed E-state index contributed by atoms with van der Waals surface area (Å²) in [5, 5.41) is 6.67. The second-order valence-electron chi connectivity index (χ2n) is 3.24. The highest BCUT2D eigenvalue weighted by molar-refractivity contribution is 7.05. The molecule has 2 aromatic rings. The number of benzene rings is 1. The van der Waals surface area contributed by atoms with Crippen LogP contribution in [0.4, 0.5) is 8.78 Å². The predicted molar refractivity (Wildman–Crippen MR) is 57.2 cm³/mol. The van der Waals surface area contributed by atoms with Crippen LogP contribution in [0.15, 0.2) is 24.4 Å². The summed E-state index contributed by atoms with van der Waals surface area (Å²) in [7, 11) is 1.72. The monoisotopic (exact) mass is 241 g/mol. The van der Waals surface area contributed by atoms with Gasteiger partial charge in [0.2, 0.25) is 0 Å². The van der Waals surface area contributed by atoms with Crippen molar-refractivity contribution in [3.8, 4) is 0 Å². The molecule has 1 aromatic heterocycles. The summed E-state index contributed by atoms with van der Waals surface area (Å²) in [5.74, 6) is -1.18. The lowest BCUT2D eigenvalue weighted by molar-refractivity contribution is 0.572. The Bertz CT molecular complexity index is 453. The fourth-order valence-electron chi connectivity index (χ4n) is 1.52. The van der Waals surface area contributed by atoms with E-state index in [0.717, 1.165) is 10.9 Å². The third-order valence-electron chi connectivity index (χ3n) is 2.17. The van der Waals surface area contributed by atoms with Crippen LogP contribution in [-0.4, -0.2) is 16.6 Å². The summed E-state index contributed by atoms with van der Waals surface area (Å²) >= 11 is 1.19. The van der Waals surface area contributed by atoms with Gasteiger partial charge in [-0.05, 0) is 36.3 Å². The van der Waals surface area contributed by atoms with Crippen LogP contribution in [0.2, 0.25) is 0 Å². The summed E-state index contributed by atoms with van der Waals surface area (Å²) in [6, 6.07) is 3.15. The van der Waals surface area contributed by atoms with Gasteiger partial charge in [-0.15, -0.1) is 5.10 Å². The maximum Gasteiger partial charge on any atom is 0.126 e. The van der Waals surface area contributed by atoms with Crippen molar-refractivity contribution in [3.05, 3.63) is 46.5 Å². The van der Waals surface area contributed by atoms with E-state index in [1.165, 1.54) is 23.7 Å². The molecular formula is C10H9F2N3S. The molecule has 6 heteroatoms. The Kier molecular flexibility index (Phi) is 3.21. The van der Waals surface area contributed by atoms with Crippen molar-refractivity contribution in [3.63, 3.8) is 0 Å². The normalized spacial score (nSPS) is 12.7. The third kappa shape index (κ3) is 2.23. The number of hydrogen-bond donors (Lipinski definition) is 1. The molecule has 0 fully saturated rings. The molecule has 0 aliphatic rings. The van der Waals surface area contributed by atoms with E-state index >= 15 is 0 Å². The maximum atomic E-state index is 13.1. The summed E-state index contributed by atoms with van der Waals surface area (Å²) < 4.78 is 29.9. The lowest BCUT2D eigenvalue weighted by atomic mass is 10.1. The van der Waals surface area contributed by atoms with Crippen molar-refractivity contribution in [1.29, 1.82) is 0 Å². The van der Waals surface area contributed by atoms with E-state index in [0.29, 0.717) is 5.56 Å². The summed E-state index contributed by atoms with van der Waals surface area (Å²) in [6.45, 7) is 0. The number of nitrogens with zero attached hydrogens (tertiary/aromatic N) is 2. The van der Waals surface area contributed by atoms with Crippen molar-refractivity contribution in [2.45, 2.75) is 6.04 Å². The Hall–Kier alpha value is -1.40. The van der Waals surface area contributed by atoms with E-state index < -0.39 is 11.6 Å². The summed E-state index contributed by atoms with van der Waals surface area (Å²) in [5.41, 5.74) is 0.519. The molecule has 0 aliphatic heterocycles. The largest absolute Gasteiger partial charge is 0.309 e. The molecule has 1 aromatic carbocycles.